The molecule has 4 aromatic carbocycles. The SMILES string of the molecule is CCNC(=O)[C@@H](CC)N(Cc1ccccc1Cl)C(=O)CN(c1ccc(Oc2ccccc2)cc1)S(=O)(=O)c1ccc(C)cc1. The van der Waals surface area contributed by atoms with Crippen molar-refractivity contribution in [2.75, 3.05) is 17.4 Å². The molecule has 4 aromatic rings. The number of nitrogens with zero attached hydrogens (tertiary/aromatic N) is 2. The highest BCUT2D eigenvalue weighted by atomic mass is 35.5. The third-order valence-electron chi connectivity index (χ3n) is 7.03. The fraction of sp³-hybridized carbons (Fsp3) is 0.235. The van der Waals surface area contributed by atoms with Crippen molar-refractivity contribution in [3.63, 3.8) is 0 Å². The second kappa shape index (κ2) is 14.9. The predicted molar refractivity (Wildman–Crippen MR) is 173 cm³/mol. The first-order valence-electron chi connectivity index (χ1n) is 14.4. The van der Waals surface area contributed by atoms with Crippen molar-refractivity contribution in [3.8, 4) is 11.5 Å². The molecule has 1 atom stereocenters. The number of anilines is 1. The van der Waals surface area contributed by atoms with Crippen molar-refractivity contribution in [2.45, 2.75) is 44.7 Å². The number of benzene rings is 4. The van der Waals surface area contributed by atoms with Crippen molar-refractivity contribution in [1.29, 1.82) is 0 Å². The molecule has 0 aliphatic heterocycles. The van der Waals surface area contributed by atoms with Crippen molar-refractivity contribution >= 4 is 39.1 Å². The summed E-state index contributed by atoms with van der Waals surface area (Å²) >= 11 is 6.44. The van der Waals surface area contributed by atoms with Crippen molar-refractivity contribution < 1.29 is 22.7 Å². The van der Waals surface area contributed by atoms with Crippen molar-refractivity contribution in [1.82, 2.24) is 10.2 Å². The van der Waals surface area contributed by atoms with E-state index in [1.807, 2.05) is 37.3 Å². The first-order chi connectivity index (χ1) is 21.1. The second-order valence-corrected chi connectivity index (χ2v) is 12.4. The van der Waals surface area contributed by atoms with Gasteiger partial charge < -0.3 is 15.0 Å². The number of nitrogens with one attached hydrogen (secondary N) is 1. The molecule has 10 heteroatoms. The van der Waals surface area contributed by atoms with Crippen LogP contribution >= 0.6 is 11.6 Å². The zero-order valence-corrected chi connectivity index (χ0v) is 26.5. The third-order valence-corrected chi connectivity index (χ3v) is 9.18. The smallest absolute Gasteiger partial charge is 0.264 e. The highest BCUT2D eigenvalue weighted by Gasteiger charge is 2.33. The number of carbonyl (C=O) groups is 2. The molecule has 0 heterocycles. The molecule has 2 amide bonds. The predicted octanol–water partition coefficient (Wildman–Crippen LogP) is 6.58. The first-order valence-corrected chi connectivity index (χ1v) is 16.2. The van der Waals surface area contributed by atoms with Gasteiger partial charge in [-0.3, -0.25) is 13.9 Å². The van der Waals surface area contributed by atoms with Crippen molar-refractivity contribution in [2.24, 2.45) is 0 Å². The van der Waals surface area contributed by atoms with Crippen LogP contribution < -0.4 is 14.4 Å². The lowest BCUT2D eigenvalue weighted by Gasteiger charge is -2.33. The van der Waals surface area contributed by atoms with Crippen LogP contribution in [0.2, 0.25) is 5.02 Å². The maximum atomic E-state index is 14.2. The van der Waals surface area contributed by atoms with E-state index in [0.717, 1.165) is 9.87 Å². The first kappa shape index (κ1) is 32.6. The van der Waals surface area contributed by atoms with Gasteiger partial charge in [0, 0.05) is 18.1 Å². The summed E-state index contributed by atoms with van der Waals surface area (Å²) in [7, 11) is -4.20. The number of sulfonamides is 1. The molecule has 0 unspecified atom stereocenters. The van der Waals surface area contributed by atoms with Crippen molar-refractivity contribution in [3.05, 3.63) is 119 Å². The quantitative estimate of drug-likeness (QED) is 0.179. The van der Waals surface area contributed by atoms with Gasteiger partial charge in [0.25, 0.3) is 10.0 Å². The van der Waals surface area contributed by atoms with E-state index in [2.05, 4.69) is 5.32 Å². The van der Waals surface area contributed by atoms with Gasteiger partial charge in [0.2, 0.25) is 11.8 Å². The number of carbonyl (C=O) groups excluding carboxylic acids is 2. The molecule has 0 spiro atoms. The third kappa shape index (κ3) is 7.98. The minimum atomic E-state index is -4.20. The number of aryl methyl sites for hydroxylation is 1. The van der Waals surface area contributed by atoms with Crippen LogP contribution in [0.5, 0.6) is 11.5 Å². The lowest BCUT2D eigenvalue weighted by Crippen LogP contribution is -2.52. The summed E-state index contributed by atoms with van der Waals surface area (Å²) in [6.45, 7) is 5.33. The average molecular weight is 634 g/mol. The van der Waals surface area contributed by atoms with E-state index in [1.54, 1.807) is 74.5 Å². The van der Waals surface area contributed by atoms with Crippen LogP contribution in [0, 0.1) is 6.92 Å². The maximum absolute atomic E-state index is 14.2. The topological polar surface area (TPSA) is 96.0 Å². The molecule has 1 N–H and O–H groups in total. The van der Waals surface area contributed by atoms with Crippen LogP contribution in [-0.2, 0) is 26.2 Å². The number of ether oxygens (including phenoxy) is 1. The fourth-order valence-corrected chi connectivity index (χ4v) is 6.30. The Bertz CT molecular complexity index is 1660. The van der Waals surface area contributed by atoms with E-state index < -0.39 is 28.5 Å². The minimum Gasteiger partial charge on any atom is -0.457 e. The zero-order valence-electron chi connectivity index (χ0n) is 24.9. The standard InChI is InChI=1S/C34H36ClN3O5S/c1-4-32(34(40)36-5-2)37(23-26-11-9-10-14-31(26)35)33(39)24-38(44(41,42)30-21-15-25(3)16-22-30)27-17-19-29(20-18-27)43-28-12-7-6-8-13-28/h6-22,32H,4-5,23-24H2,1-3H3,(H,36,40)/t32-/m1/s1. The van der Waals surface area contributed by atoms with Gasteiger partial charge >= 0.3 is 0 Å². The number of hydrogen-bond donors (Lipinski definition) is 1. The monoisotopic (exact) mass is 633 g/mol. The normalized spacial score (nSPS) is 11.8. The molecule has 0 aliphatic rings. The summed E-state index contributed by atoms with van der Waals surface area (Å²) in [4.78, 5) is 28.7. The largest absolute Gasteiger partial charge is 0.457 e. The van der Waals surface area contributed by atoms with E-state index in [1.165, 1.54) is 17.0 Å². The second-order valence-electron chi connectivity index (χ2n) is 10.2. The number of amides is 2. The van der Waals surface area contributed by atoms with E-state index in [0.29, 0.717) is 35.1 Å². The summed E-state index contributed by atoms with van der Waals surface area (Å²) in [6, 6.07) is 28.3. The molecule has 44 heavy (non-hydrogen) atoms. The number of rotatable bonds is 13. The van der Waals surface area contributed by atoms with Crippen LogP contribution in [0.25, 0.3) is 0 Å². The molecular weight excluding hydrogens is 598 g/mol. The van der Waals surface area contributed by atoms with Crippen LogP contribution in [0.3, 0.4) is 0 Å². The Hall–Kier alpha value is -4.34. The molecule has 0 bridgehead atoms. The summed E-state index contributed by atoms with van der Waals surface area (Å²) in [5.41, 5.74) is 1.80. The molecule has 230 valence electrons. The Balaban J connectivity index is 1.73. The number of hydrogen-bond acceptors (Lipinski definition) is 5. The molecular formula is C34H36ClN3O5S. The van der Waals surface area contributed by atoms with E-state index in [-0.39, 0.29) is 23.0 Å². The summed E-state index contributed by atoms with van der Waals surface area (Å²) in [5, 5.41) is 3.23. The van der Waals surface area contributed by atoms with Gasteiger partial charge in [-0.25, -0.2) is 8.42 Å². The van der Waals surface area contributed by atoms with Gasteiger partial charge in [0.1, 0.15) is 24.1 Å². The maximum Gasteiger partial charge on any atom is 0.264 e. The van der Waals surface area contributed by atoms with Gasteiger partial charge in [0.05, 0.1) is 10.6 Å². The molecule has 8 nitrogen and oxygen atoms in total. The lowest BCUT2D eigenvalue weighted by molar-refractivity contribution is -0.140. The highest BCUT2D eigenvalue weighted by molar-refractivity contribution is 7.92. The van der Waals surface area contributed by atoms with E-state index in [4.69, 9.17) is 16.3 Å². The van der Waals surface area contributed by atoms with E-state index >= 15 is 0 Å². The molecule has 4 rings (SSSR count). The summed E-state index contributed by atoms with van der Waals surface area (Å²) < 4.78 is 35.1. The van der Waals surface area contributed by atoms with Gasteiger partial charge in [-0.2, -0.15) is 0 Å². The molecule has 0 aromatic heterocycles. The van der Waals surface area contributed by atoms with E-state index in [9.17, 15) is 18.0 Å². The number of likely N-dealkylation sites (N-methyl/N-ethyl adjacent to an activating group) is 1. The van der Waals surface area contributed by atoms with Crippen LogP contribution in [0.1, 0.15) is 31.4 Å². The van der Waals surface area contributed by atoms with Gasteiger partial charge in [-0.05, 0) is 80.4 Å². The number of para-hydroxylation sites is 1. The Morgan fingerprint density at radius 1 is 0.841 bits per heavy atom. The Morgan fingerprint density at radius 3 is 2.07 bits per heavy atom. The summed E-state index contributed by atoms with van der Waals surface area (Å²) in [6.07, 6.45) is 0.318. The minimum absolute atomic E-state index is 0.0242. The van der Waals surface area contributed by atoms with Crippen LogP contribution in [0.4, 0.5) is 5.69 Å². The molecule has 0 fully saturated rings. The Kier molecular flexibility index (Phi) is 11.0. The van der Waals surface area contributed by atoms with Crippen LogP contribution in [0.15, 0.2) is 108 Å². The van der Waals surface area contributed by atoms with Crippen LogP contribution in [-0.4, -0.2) is 44.3 Å². The zero-order chi connectivity index (χ0) is 31.7. The molecule has 0 aliphatic carbocycles. The summed E-state index contributed by atoms with van der Waals surface area (Å²) in [5.74, 6) is 0.251. The Labute approximate surface area is 264 Å². The molecule has 0 saturated carbocycles. The van der Waals surface area contributed by atoms with Gasteiger partial charge in [-0.15, -0.1) is 0 Å². The van der Waals surface area contributed by atoms with Gasteiger partial charge in [-0.1, -0.05) is 72.6 Å². The highest BCUT2D eigenvalue weighted by Crippen LogP contribution is 2.29. The molecule has 0 radical (unpaired) electrons. The molecule has 0 saturated heterocycles. The lowest BCUT2D eigenvalue weighted by atomic mass is 10.1. The Morgan fingerprint density at radius 2 is 1.45 bits per heavy atom. The fourth-order valence-electron chi connectivity index (χ4n) is 4.69. The average Bonchev–Trinajstić information content (AvgIpc) is 3.02. The number of halogens is 1. The van der Waals surface area contributed by atoms with Gasteiger partial charge in [0.15, 0.2) is 0 Å².